The summed E-state index contributed by atoms with van der Waals surface area (Å²) in [6.07, 6.45) is 1.36. The lowest BCUT2D eigenvalue weighted by Crippen LogP contribution is -2.46. The third-order valence-electron chi connectivity index (χ3n) is 3.73. The molecule has 4 nitrogen and oxygen atoms in total. The first-order valence-electron chi connectivity index (χ1n) is 7.15. The highest BCUT2D eigenvalue weighted by Crippen LogP contribution is 2.40. The van der Waals surface area contributed by atoms with Crippen molar-refractivity contribution in [1.82, 2.24) is 4.90 Å². The Morgan fingerprint density at radius 1 is 1.22 bits per heavy atom. The van der Waals surface area contributed by atoms with Gasteiger partial charge in [-0.3, -0.25) is 0 Å². The van der Waals surface area contributed by atoms with Gasteiger partial charge in [-0.25, -0.2) is 4.79 Å². The molecule has 1 unspecified atom stereocenters. The van der Waals surface area contributed by atoms with Crippen molar-refractivity contribution in [3.05, 3.63) is 46.9 Å². The molecule has 0 N–H and O–H groups in total. The molecule has 0 spiro atoms. The van der Waals surface area contributed by atoms with Crippen molar-refractivity contribution in [1.29, 1.82) is 0 Å². The number of rotatable bonds is 4. The zero-order valence-corrected chi connectivity index (χ0v) is 13.1. The molecule has 1 aliphatic carbocycles. The first kappa shape index (κ1) is 17.2. The monoisotopic (exact) mass is 329 g/mol. The molecule has 126 valence electrons. The molecule has 7 heteroatoms. The van der Waals surface area contributed by atoms with Crippen LogP contribution in [0.25, 0.3) is 0 Å². The van der Waals surface area contributed by atoms with Gasteiger partial charge in [-0.2, -0.15) is 13.2 Å². The average molecular weight is 329 g/mol. The van der Waals surface area contributed by atoms with E-state index in [1.807, 2.05) is 0 Å². The second kappa shape index (κ2) is 6.52. The van der Waals surface area contributed by atoms with Crippen molar-refractivity contribution in [3.8, 4) is 0 Å². The molecule has 2 rings (SSSR count). The van der Waals surface area contributed by atoms with Crippen LogP contribution in [0.4, 0.5) is 13.2 Å². The van der Waals surface area contributed by atoms with Gasteiger partial charge in [0.1, 0.15) is 17.5 Å². The van der Waals surface area contributed by atoms with Gasteiger partial charge in [0.15, 0.2) is 0 Å². The van der Waals surface area contributed by atoms with Crippen molar-refractivity contribution in [2.75, 3.05) is 20.8 Å². The largest absolute Gasteiger partial charge is 0.499 e. The minimum absolute atomic E-state index is 0.183. The maximum absolute atomic E-state index is 13.3. The van der Waals surface area contributed by atoms with Crippen molar-refractivity contribution in [3.63, 3.8) is 0 Å². The predicted octanol–water partition coefficient (Wildman–Crippen LogP) is 3.10. The first-order chi connectivity index (χ1) is 10.8. The van der Waals surface area contributed by atoms with Crippen LogP contribution >= 0.6 is 0 Å². The van der Waals surface area contributed by atoms with Crippen LogP contribution in [0, 0.1) is 0 Å². The fraction of sp³-hybridized carbons (Fsp3) is 0.438. The van der Waals surface area contributed by atoms with Gasteiger partial charge in [-0.15, -0.1) is 0 Å². The van der Waals surface area contributed by atoms with Gasteiger partial charge in [0.05, 0.1) is 19.8 Å². The Labute approximate surface area is 132 Å². The normalized spacial score (nSPS) is 20.8. The molecule has 23 heavy (non-hydrogen) atoms. The highest BCUT2D eigenvalue weighted by atomic mass is 19.4. The van der Waals surface area contributed by atoms with E-state index in [9.17, 15) is 18.0 Å². The molecule has 0 aromatic carbocycles. The Kier molecular flexibility index (Phi) is 4.87. The average Bonchev–Trinajstić information content (AvgIpc) is 2.52. The number of fused-ring (bicyclic) bond motifs is 1. The molecule has 0 fully saturated rings. The molecule has 1 aliphatic heterocycles. The van der Waals surface area contributed by atoms with E-state index in [0.717, 1.165) is 6.08 Å². The van der Waals surface area contributed by atoms with Crippen LogP contribution < -0.4 is 0 Å². The van der Waals surface area contributed by atoms with E-state index >= 15 is 0 Å². The fourth-order valence-corrected chi connectivity index (χ4v) is 2.78. The molecule has 0 bridgehead atoms. The van der Waals surface area contributed by atoms with E-state index in [1.54, 1.807) is 6.92 Å². The summed E-state index contributed by atoms with van der Waals surface area (Å²) in [6.45, 7) is 1.98. The summed E-state index contributed by atoms with van der Waals surface area (Å²) in [5, 5.41) is 0. The lowest BCUT2D eigenvalue weighted by molar-refractivity contribution is -0.135. The van der Waals surface area contributed by atoms with E-state index in [2.05, 4.69) is 0 Å². The highest BCUT2D eigenvalue weighted by molar-refractivity contribution is 5.95. The van der Waals surface area contributed by atoms with E-state index in [0.29, 0.717) is 17.8 Å². The number of methoxy groups -OCH3 is 2. The number of ether oxygens (including phenoxy) is 2. The predicted molar refractivity (Wildman–Crippen MR) is 78.2 cm³/mol. The minimum atomic E-state index is -4.48. The maximum atomic E-state index is 13.3. The molecule has 0 aromatic heterocycles. The van der Waals surface area contributed by atoms with Crippen molar-refractivity contribution in [2.24, 2.45) is 0 Å². The third-order valence-corrected chi connectivity index (χ3v) is 3.73. The molecule has 0 radical (unpaired) electrons. The summed E-state index contributed by atoms with van der Waals surface area (Å²) < 4.78 is 49.9. The molecule has 0 saturated carbocycles. The molecule has 0 saturated heterocycles. The molecule has 1 heterocycles. The van der Waals surface area contributed by atoms with Gasteiger partial charge in [-0.1, -0.05) is 13.0 Å². The molecular formula is C16H18F3NO3. The minimum Gasteiger partial charge on any atom is -0.499 e. The van der Waals surface area contributed by atoms with Gasteiger partial charge in [-0.05, 0) is 30.2 Å². The van der Waals surface area contributed by atoms with Gasteiger partial charge < -0.3 is 14.4 Å². The maximum Gasteiger partial charge on any atom is 0.431 e. The SMILES string of the molecule is CCCN1C(C(F)(F)F)=CC=C2C(C(=O)OC)=CC=C(OC)C21. The fourth-order valence-electron chi connectivity index (χ4n) is 2.78. The summed E-state index contributed by atoms with van der Waals surface area (Å²) in [4.78, 5) is 13.1. The number of carbonyl (C=O) groups is 1. The summed E-state index contributed by atoms with van der Waals surface area (Å²) in [7, 11) is 2.63. The Bertz CT molecular complexity index is 615. The number of nitrogens with zero attached hydrogens (tertiary/aromatic N) is 1. The Balaban J connectivity index is 2.57. The van der Waals surface area contributed by atoms with Gasteiger partial charge in [0.2, 0.25) is 0 Å². The third kappa shape index (κ3) is 3.13. The number of halogens is 3. The standard InChI is InChI=1S/C16H18F3NO3/c1-4-9-20-13(16(17,18)19)8-6-10-11(15(21)23-3)5-7-12(22-2)14(10)20/h5-8,14H,4,9H2,1-3H3. The van der Waals surface area contributed by atoms with E-state index < -0.39 is 23.9 Å². The molecular weight excluding hydrogens is 311 g/mol. The van der Waals surface area contributed by atoms with Gasteiger partial charge in [0, 0.05) is 6.54 Å². The van der Waals surface area contributed by atoms with Crippen molar-refractivity contribution in [2.45, 2.75) is 25.6 Å². The van der Waals surface area contributed by atoms with Crippen LogP contribution in [0.5, 0.6) is 0 Å². The smallest absolute Gasteiger partial charge is 0.431 e. The summed E-state index contributed by atoms with van der Waals surface area (Å²) in [6, 6.07) is -0.791. The molecule has 2 aliphatic rings. The lowest BCUT2D eigenvalue weighted by Gasteiger charge is -2.41. The Morgan fingerprint density at radius 2 is 1.91 bits per heavy atom. The Morgan fingerprint density at radius 3 is 2.43 bits per heavy atom. The molecule has 1 atom stereocenters. The van der Waals surface area contributed by atoms with Crippen LogP contribution in [0.2, 0.25) is 0 Å². The van der Waals surface area contributed by atoms with Crippen LogP contribution in [0.1, 0.15) is 13.3 Å². The number of allylic oxidation sites excluding steroid dienone is 5. The summed E-state index contributed by atoms with van der Waals surface area (Å²) >= 11 is 0. The number of esters is 1. The first-order valence-corrected chi connectivity index (χ1v) is 7.15. The van der Waals surface area contributed by atoms with Crippen LogP contribution in [-0.2, 0) is 14.3 Å². The zero-order chi connectivity index (χ0) is 17.2. The van der Waals surface area contributed by atoms with Gasteiger partial charge in [0.25, 0.3) is 0 Å². The second-order valence-electron chi connectivity index (χ2n) is 5.11. The lowest BCUT2D eigenvalue weighted by atomic mass is 9.87. The zero-order valence-electron chi connectivity index (χ0n) is 13.1. The molecule has 0 amide bonds. The Hall–Kier alpha value is -2.18. The van der Waals surface area contributed by atoms with E-state index in [4.69, 9.17) is 9.47 Å². The van der Waals surface area contributed by atoms with E-state index in [-0.39, 0.29) is 12.1 Å². The topological polar surface area (TPSA) is 38.8 Å². The number of hydrogen-bond donors (Lipinski definition) is 0. The second-order valence-corrected chi connectivity index (χ2v) is 5.11. The van der Waals surface area contributed by atoms with Crippen LogP contribution in [0.3, 0.4) is 0 Å². The summed E-state index contributed by atoms with van der Waals surface area (Å²) in [5.74, 6) is -0.236. The summed E-state index contributed by atoms with van der Waals surface area (Å²) in [5.41, 5.74) is -0.0725. The van der Waals surface area contributed by atoms with Gasteiger partial charge >= 0.3 is 12.1 Å². The highest BCUT2D eigenvalue weighted by Gasteiger charge is 2.45. The molecule has 0 aromatic rings. The van der Waals surface area contributed by atoms with Crippen LogP contribution in [-0.4, -0.2) is 43.9 Å². The van der Waals surface area contributed by atoms with Crippen LogP contribution in [0.15, 0.2) is 46.9 Å². The van der Waals surface area contributed by atoms with Crippen molar-refractivity contribution < 1.29 is 27.4 Å². The quantitative estimate of drug-likeness (QED) is 0.743. The number of carbonyl (C=O) groups excluding carboxylic acids is 1. The number of alkyl halides is 3. The van der Waals surface area contributed by atoms with E-state index in [1.165, 1.54) is 37.3 Å². The number of hydrogen-bond acceptors (Lipinski definition) is 4. The van der Waals surface area contributed by atoms with Crippen molar-refractivity contribution >= 4 is 5.97 Å².